The molecule has 1 aromatic carbocycles. The van der Waals surface area contributed by atoms with Crippen molar-refractivity contribution in [2.75, 3.05) is 19.7 Å². The van der Waals surface area contributed by atoms with Gasteiger partial charge >= 0.3 is 6.09 Å². The molecule has 4 nitrogen and oxygen atoms in total. The monoisotopic (exact) mass is 290 g/mol. The predicted molar refractivity (Wildman–Crippen MR) is 84.3 cm³/mol. The van der Waals surface area contributed by atoms with Gasteiger partial charge in [0.15, 0.2) is 0 Å². The zero-order chi connectivity index (χ0) is 15.2. The summed E-state index contributed by atoms with van der Waals surface area (Å²) in [6, 6.07) is 9.46. The van der Waals surface area contributed by atoms with Crippen LogP contribution in [0.1, 0.15) is 43.9 Å². The maximum atomic E-state index is 11.7. The van der Waals surface area contributed by atoms with E-state index >= 15 is 0 Å². The quantitative estimate of drug-likeness (QED) is 0.925. The first kappa shape index (κ1) is 15.8. The highest BCUT2D eigenvalue weighted by molar-refractivity contribution is 5.67. The Kier molecular flexibility index (Phi) is 5.62. The standard InChI is InChI=1S/C17H26N2O2/c1-4-21-17(20)19-11-9-16(10-12-19)18-14(3)15-7-5-13(2)6-8-15/h5-8,14,16,18H,4,9-12H2,1-3H3/t14-/m1/s1. The molecule has 1 atom stereocenters. The first-order chi connectivity index (χ1) is 10.1. The summed E-state index contributed by atoms with van der Waals surface area (Å²) in [5.41, 5.74) is 2.60. The maximum absolute atomic E-state index is 11.7. The van der Waals surface area contributed by atoms with Gasteiger partial charge in [-0.3, -0.25) is 0 Å². The molecule has 1 heterocycles. The van der Waals surface area contributed by atoms with Gasteiger partial charge in [-0.25, -0.2) is 4.79 Å². The smallest absolute Gasteiger partial charge is 0.409 e. The third kappa shape index (κ3) is 4.46. The fraction of sp³-hybridized carbons (Fsp3) is 0.588. The van der Waals surface area contributed by atoms with Crippen LogP contribution in [0.25, 0.3) is 0 Å². The molecule has 0 radical (unpaired) electrons. The van der Waals surface area contributed by atoms with Gasteiger partial charge in [-0.1, -0.05) is 29.8 Å². The molecular formula is C17H26N2O2. The van der Waals surface area contributed by atoms with Crippen LogP contribution in [0, 0.1) is 6.92 Å². The molecule has 2 rings (SSSR count). The van der Waals surface area contributed by atoms with Gasteiger partial charge < -0.3 is 15.0 Å². The first-order valence-corrected chi connectivity index (χ1v) is 7.84. The number of nitrogens with one attached hydrogen (secondary N) is 1. The summed E-state index contributed by atoms with van der Waals surface area (Å²) < 4.78 is 5.04. The van der Waals surface area contributed by atoms with Gasteiger partial charge in [0.25, 0.3) is 0 Å². The Balaban J connectivity index is 1.80. The molecule has 1 N–H and O–H groups in total. The van der Waals surface area contributed by atoms with Crippen molar-refractivity contribution in [2.24, 2.45) is 0 Å². The molecular weight excluding hydrogens is 264 g/mol. The molecule has 0 saturated carbocycles. The SMILES string of the molecule is CCOC(=O)N1CCC(N[C@H](C)c2ccc(C)cc2)CC1. The number of likely N-dealkylation sites (tertiary alicyclic amines) is 1. The number of ether oxygens (including phenoxy) is 1. The highest BCUT2D eigenvalue weighted by atomic mass is 16.6. The molecule has 0 unspecified atom stereocenters. The van der Waals surface area contributed by atoms with Gasteiger partial charge in [0.05, 0.1) is 6.61 Å². The summed E-state index contributed by atoms with van der Waals surface area (Å²) in [6.07, 6.45) is 1.78. The van der Waals surface area contributed by atoms with Crippen LogP contribution in [0.3, 0.4) is 0 Å². The second-order valence-electron chi connectivity index (χ2n) is 5.76. The van der Waals surface area contributed by atoms with Crippen molar-refractivity contribution < 1.29 is 9.53 Å². The van der Waals surface area contributed by atoms with E-state index in [-0.39, 0.29) is 6.09 Å². The number of aryl methyl sites for hydroxylation is 1. The highest BCUT2D eigenvalue weighted by Crippen LogP contribution is 2.18. The fourth-order valence-corrected chi connectivity index (χ4v) is 2.75. The minimum Gasteiger partial charge on any atom is -0.450 e. The van der Waals surface area contributed by atoms with E-state index in [1.54, 1.807) is 4.90 Å². The molecule has 1 fully saturated rings. The van der Waals surface area contributed by atoms with Gasteiger partial charge in [-0.15, -0.1) is 0 Å². The third-order valence-corrected chi connectivity index (χ3v) is 4.08. The van der Waals surface area contributed by atoms with Crippen LogP contribution in [0.4, 0.5) is 4.79 Å². The van der Waals surface area contributed by atoms with Crippen molar-refractivity contribution in [1.29, 1.82) is 0 Å². The van der Waals surface area contributed by atoms with Crippen molar-refractivity contribution in [3.63, 3.8) is 0 Å². The second kappa shape index (κ2) is 7.46. The molecule has 1 aromatic rings. The molecule has 1 saturated heterocycles. The lowest BCUT2D eigenvalue weighted by Gasteiger charge is -2.33. The molecule has 116 valence electrons. The predicted octanol–water partition coefficient (Wildman–Crippen LogP) is 3.27. The fourth-order valence-electron chi connectivity index (χ4n) is 2.75. The number of benzene rings is 1. The number of nitrogens with zero attached hydrogens (tertiary/aromatic N) is 1. The lowest BCUT2D eigenvalue weighted by molar-refractivity contribution is 0.0944. The molecule has 21 heavy (non-hydrogen) atoms. The van der Waals surface area contributed by atoms with Crippen LogP contribution < -0.4 is 5.32 Å². The average Bonchev–Trinajstić information content (AvgIpc) is 2.49. The van der Waals surface area contributed by atoms with Crippen LogP contribution in [-0.2, 0) is 4.74 Å². The Morgan fingerprint density at radius 1 is 1.33 bits per heavy atom. The number of piperidine rings is 1. The summed E-state index contributed by atoms with van der Waals surface area (Å²) in [5.74, 6) is 0. The van der Waals surface area contributed by atoms with Crippen LogP contribution in [0.15, 0.2) is 24.3 Å². The highest BCUT2D eigenvalue weighted by Gasteiger charge is 2.24. The minimum atomic E-state index is -0.178. The lowest BCUT2D eigenvalue weighted by Crippen LogP contribution is -2.45. The van der Waals surface area contributed by atoms with Gasteiger partial charge in [0.1, 0.15) is 0 Å². The Morgan fingerprint density at radius 2 is 1.95 bits per heavy atom. The summed E-state index contributed by atoms with van der Waals surface area (Å²) in [7, 11) is 0. The molecule has 0 spiro atoms. The summed E-state index contributed by atoms with van der Waals surface area (Å²) in [4.78, 5) is 13.5. The van der Waals surface area contributed by atoms with E-state index in [0.29, 0.717) is 18.7 Å². The number of carbonyl (C=O) groups is 1. The minimum absolute atomic E-state index is 0.178. The van der Waals surface area contributed by atoms with Crippen molar-refractivity contribution in [3.8, 4) is 0 Å². The normalized spacial score (nSPS) is 17.6. The molecule has 1 aliphatic heterocycles. The van der Waals surface area contributed by atoms with Crippen LogP contribution in [-0.4, -0.2) is 36.7 Å². The molecule has 0 aliphatic carbocycles. The number of amides is 1. The largest absolute Gasteiger partial charge is 0.450 e. The lowest BCUT2D eigenvalue weighted by atomic mass is 10.0. The van der Waals surface area contributed by atoms with E-state index in [0.717, 1.165) is 25.9 Å². The van der Waals surface area contributed by atoms with Crippen molar-refractivity contribution >= 4 is 6.09 Å². The zero-order valence-corrected chi connectivity index (χ0v) is 13.3. The topological polar surface area (TPSA) is 41.6 Å². The summed E-state index contributed by atoms with van der Waals surface area (Å²) >= 11 is 0. The third-order valence-electron chi connectivity index (χ3n) is 4.08. The van der Waals surface area contributed by atoms with Crippen LogP contribution in [0.5, 0.6) is 0 Å². The zero-order valence-electron chi connectivity index (χ0n) is 13.3. The summed E-state index contributed by atoms with van der Waals surface area (Å²) in [5, 5.41) is 3.67. The second-order valence-corrected chi connectivity index (χ2v) is 5.76. The van der Waals surface area contributed by atoms with Gasteiger partial charge in [-0.05, 0) is 39.2 Å². The Hall–Kier alpha value is -1.55. The van der Waals surface area contributed by atoms with Gasteiger partial charge in [0.2, 0.25) is 0 Å². The van der Waals surface area contributed by atoms with Crippen molar-refractivity contribution in [2.45, 2.75) is 45.7 Å². The number of hydrogen-bond donors (Lipinski definition) is 1. The maximum Gasteiger partial charge on any atom is 0.409 e. The van der Waals surface area contributed by atoms with Crippen LogP contribution >= 0.6 is 0 Å². The van der Waals surface area contributed by atoms with Crippen molar-refractivity contribution in [3.05, 3.63) is 35.4 Å². The average molecular weight is 290 g/mol. The molecule has 4 heteroatoms. The number of carbonyl (C=O) groups excluding carboxylic acids is 1. The molecule has 1 amide bonds. The van der Waals surface area contributed by atoms with E-state index in [1.807, 2.05) is 6.92 Å². The van der Waals surface area contributed by atoms with E-state index in [9.17, 15) is 4.79 Å². The molecule has 0 bridgehead atoms. The number of rotatable bonds is 4. The first-order valence-electron chi connectivity index (χ1n) is 7.84. The van der Waals surface area contributed by atoms with E-state index < -0.39 is 0 Å². The van der Waals surface area contributed by atoms with Gasteiger partial charge in [0, 0.05) is 25.2 Å². The van der Waals surface area contributed by atoms with E-state index in [4.69, 9.17) is 4.74 Å². The number of hydrogen-bond acceptors (Lipinski definition) is 3. The molecule has 0 aromatic heterocycles. The van der Waals surface area contributed by atoms with Gasteiger partial charge in [-0.2, -0.15) is 0 Å². The Labute approximate surface area is 127 Å². The Morgan fingerprint density at radius 3 is 2.52 bits per heavy atom. The Bertz CT molecular complexity index is 450. The van der Waals surface area contributed by atoms with Crippen LogP contribution in [0.2, 0.25) is 0 Å². The van der Waals surface area contributed by atoms with E-state index in [2.05, 4.69) is 43.4 Å². The summed E-state index contributed by atoms with van der Waals surface area (Å²) in [6.45, 7) is 8.14. The molecule has 1 aliphatic rings. The van der Waals surface area contributed by atoms with E-state index in [1.165, 1.54) is 11.1 Å². The van der Waals surface area contributed by atoms with Crippen molar-refractivity contribution in [1.82, 2.24) is 10.2 Å².